The van der Waals surface area contributed by atoms with Gasteiger partial charge in [-0.3, -0.25) is 4.79 Å². The van der Waals surface area contributed by atoms with Crippen LogP contribution in [0, 0.1) is 5.41 Å². The van der Waals surface area contributed by atoms with E-state index in [1.54, 1.807) is 0 Å². The number of carboxylic acids is 1. The summed E-state index contributed by atoms with van der Waals surface area (Å²) < 4.78 is 0. The van der Waals surface area contributed by atoms with Crippen LogP contribution >= 0.6 is 0 Å². The first kappa shape index (κ1) is 14.5. The molecule has 1 saturated carbocycles. The van der Waals surface area contributed by atoms with E-state index in [4.69, 9.17) is 0 Å². The van der Waals surface area contributed by atoms with Crippen molar-refractivity contribution in [2.45, 2.75) is 45.1 Å². The SMILES string of the molecule is CC(NCCN(C)C)C1(C(=O)O)CCCCC1. The second-order valence-electron chi connectivity index (χ2n) is 5.50. The predicted molar refractivity (Wildman–Crippen MR) is 69.2 cm³/mol. The van der Waals surface area contributed by atoms with Crippen molar-refractivity contribution in [3.05, 3.63) is 0 Å². The van der Waals surface area contributed by atoms with Crippen molar-refractivity contribution >= 4 is 5.97 Å². The van der Waals surface area contributed by atoms with Crippen LogP contribution < -0.4 is 5.32 Å². The zero-order chi connectivity index (χ0) is 12.9. The second kappa shape index (κ2) is 6.36. The Hall–Kier alpha value is -0.610. The van der Waals surface area contributed by atoms with Gasteiger partial charge in [-0.1, -0.05) is 19.3 Å². The number of nitrogens with one attached hydrogen (secondary N) is 1. The molecule has 0 aromatic carbocycles. The molecule has 4 heteroatoms. The molecule has 0 aliphatic heterocycles. The van der Waals surface area contributed by atoms with Gasteiger partial charge in [0.1, 0.15) is 0 Å². The van der Waals surface area contributed by atoms with Crippen LogP contribution in [0.2, 0.25) is 0 Å². The van der Waals surface area contributed by atoms with E-state index in [2.05, 4.69) is 10.2 Å². The van der Waals surface area contributed by atoms with E-state index in [0.29, 0.717) is 0 Å². The quantitative estimate of drug-likeness (QED) is 0.742. The Morgan fingerprint density at radius 1 is 1.35 bits per heavy atom. The molecule has 1 rings (SSSR count). The van der Waals surface area contributed by atoms with Crippen LogP contribution in [0.15, 0.2) is 0 Å². The van der Waals surface area contributed by atoms with Crippen LogP contribution in [0.1, 0.15) is 39.0 Å². The summed E-state index contributed by atoms with van der Waals surface area (Å²) in [7, 11) is 4.06. The zero-order valence-corrected chi connectivity index (χ0v) is 11.3. The van der Waals surface area contributed by atoms with E-state index in [0.717, 1.165) is 38.8 Å². The number of hydrogen-bond acceptors (Lipinski definition) is 3. The van der Waals surface area contributed by atoms with E-state index in [9.17, 15) is 9.90 Å². The highest BCUT2D eigenvalue weighted by Crippen LogP contribution is 2.39. The van der Waals surface area contributed by atoms with Crippen molar-refractivity contribution in [3.63, 3.8) is 0 Å². The van der Waals surface area contributed by atoms with Crippen molar-refractivity contribution in [1.29, 1.82) is 0 Å². The van der Waals surface area contributed by atoms with E-state index in [1.165, 1.54) is 6.42 Å². The molecule has 17 heavy (non-hydrogen) atoms. The number of likely N-dealkylation sites (N-methyl/N-ethyl adjacent to an activating group) is 1. The van der Waals surface area contributed by atoms with Crippen LogP contribution in [0.3, 0.4) is 0 Å². The molecule has 100 valence electrons. The molecular formula is C13H26N2O2. The lowest BCUT2D eigenvalue weighted by Crippen LogP contribution is -2.50. The van der Waals surface area contributed by atoms with Crippen LogP contribution in [-0.4, -0.2) is 49.2 Å². The van der Waals surface area contributed by atoms with Gasteiger partial charge in [0.2, 0.25) is 0 Å². The normalized spacial score (nSPS) is 21.4. The first-order valence-corrected chi connectivity index (χ1v) is 6.60. The molecule has 1 aliphatic rings. The highest BCUT2D eigenvalue weighted by atomic mass is 16.4. The lowest BCUT2D eigenvalue weighted by atomic mass is 9.69. The molecule has 1 aliphatic carbocycles. The Bertz CT molecular complexity index is 248. The fraction of sp³-hybridized carbons (Fsp3) is 0.923. The number of carboxylic acid groups (broad SMARTS) is 1. The third-order valence-corrected chi connectivity index (χ3v) is 4.01. The average molecular weight is 242 g/mol. The van der Waals surface area contributed by atoms with Gasteiger partial charge in [-0.25, -0.2) is 0 Å². The van der Waals surface area contributed by atoms with Crippen molar-refractivity contribution in [1.82, 2.24) is 10.2 Å². The Kier molecular flexibility index (Phi) is 5.40. The maximum Gasteiger partial charge on any atom is 0.311 e. The number of hydrogen-bond donors (Lipinski definition) is 2. The molecule has 0 saturated heterocycles. The lowest BCUT2D eigenvalue weighted by molar-refractivity contribution is -0.153. The maximum absolute atomic E-state index is 11.6. The molecule has 0 heterocycles. The van der Waals surface area contributed by atoms with Gasteiger partial charge in [-0.05, 0) is 33.9 Å². The minimum atomic E-state index is -0.623. The van der Waals surface area contributed by atoms with Crippen molar-refractivity contribution in [2.75, 3.05) is 27.2 Å². The summed E-state index contributed by atoms with van der Waals surface area (Å²) in [5, 5.41) is 12.9. The standard InChI is InChI=1S/C13H26N2O2/c1-11(14-9-10-15(2)3)13(12(16)17)7-5-4-6-8-13/h11,14H,4-10H2,1-3H3,(H,16,17). The predicted octanol–water partition coefficient (Wildman–Crippen LogP) is 1.56. The van der Waals surface area contributed by atoms with Gasteiger partial charge in [0.25, 0.3) is 0 Å². The van der Waals surface area contributed by atoms with Gasteiger partial charge in [-0.2, -0.15) is 0 Å². The lowest BCUT2D eigenvalue weighted by Gasteiger charge is -2.39. The van der Waals surface area contributed by atoms with Gasteiger partial charge in [0, 0.05) is 19.1 Å². The molecule has 1 atom stereocenters. The highest BCUT2D eigenvalue weighted by molar-refractivity contribution is 5.75. The molecular weight excluding hydrogens is 216 g/mol. The molecule has 1 fully saturated rings. The van der Waals surface area contributed by atoms with Gasteiger partial charge in [0.05, 0.1) is 5.41 Å². The fourth-order valence-electron chi connectivity index (χ4n) is 2.71. The Balaban J connectivity index is 2.54. The first-order chi connectivity index (χ1) is 7.99. The number of aliphatic carboxylic acids is 1. The summed E-state index contributed by atoms with van der Waals surface area (Å²) in [5.74, 6) is -0.623. The van der Waals surface area contributed by atoms with Crippen molar-refractivity contribution < 1.29 is 9.90 Å². The molecule has 4 nitrogen and oxygen atoms in total. The molecule has 1 unspecified atom stereocenters. The fourth-order valence-corrected chi connectivity index (χ4v) is 2.71. The number of nitrogens with zero attached hydrogens (tertiary/aromatic N) is 1. The third-order valence-electron chi connectivity index (χ3n) is 4.01. The largest absolute Gasteiger partial charge is 0.481 e. The van der Waals surface area contributed by atoms with E-state index >= 15 is 0 Å². The van der Waals surface area contributed by atoms with Gasteiger partial charge in [0.15, 0.2) is 0 Å². The van der Waals surface area contributed by atoms with E-state index < -0.39 is 11.4 Å². The monoisotopic (exact) mass is 242 g/mol. The Morgan fingerprint density at radius 2 is 1.94 bits per heavy atom. The third kappa shape index (κ3) is 3.68. The molecule has 0 aromatic rings. The van der Waals surface area contributed by atoms with E-state index in [1.807, 2.05) is 21.0 Å². The molecule has 0 radical (unpaired) electrons. The molecule has 0 aromatic heterocycles. The number of carbonyl (C=O) groups is 1. The van der Waals surface area contributed by atoms with Crippen molar-refractivity contribution in [3.8, 4) is 0 Å². The summed E-state index contributed by atoms with van der Waals surface area (Å²) in [4.78, 5) is 13.7. The Morgan fingerprint density at radius 3 is 2.41 bits per heavy atom. The van der Waals surface area contributed by atoms with Gasteiger partial charge in [-0.15, -0.1) is 0 Å². The average Bonchev–Trinajstić information content (AvgIpc) is 2.29. The summed E-state index contributed by atoms with van der Waals surface area (Å²) in [6.45, 7) is 3.82. The van der Waals surface area contributed by atoms with Crippen molar-refractivity contribution in [2.24, 2.45) is 5.41 Å². The second-order valence-corrected chi connectivity index (χ2v) is 5.50. The number of rotatable bonds is 6. The van der Waals surface area contributed by atoms with Crippen LogP contribution in [0.25, 0.3) is 0 Å². The first-order valence-electron chi connectivity index (χ1n) is 6.60. The summed E-state index contributed by atoms with van der Waals surface area (Å²) in [5.41, 5.74) is -0.537. The van der Waals surface area contributed by atoms with Crippen LogP contribution in [0.5, 0.6) is 0 Å². The minimum Gasteiger partial charge on any atom is -0.481 e. The van der Waals surface area contributed by atoms with Crippen LogP contribution in [-0.2, 0) is 4.79 Å². The molecule has 2 N–H and O–H groups in total. The maximum atomic E-state index is 11.6. The molecule has 0 amide bonds. The van der Waals surface area contributed by atoms with Gasteiger partial charge >= 0.3 is 5.97 Å². The minimum absolute atomic E-state index is 0.0558. The summed E-state index contributed by atoms with van der Waals surface area (Å²) >= 11 is 0. The van der Waals surface area contributed by atoms with Gasteiger partial charge < -0.3 is 15.3 Å². The summed E-state index contributed by atoms with van der Waals surface area (Å²) in [6, 6.07) is 0.0558. The van der Waals surface area contributed by atoms with E-state index in [-0.39, 0.29) is 6.04 Å². The Labute approximate surface area is 104 Å². The smallest absolute Gasteiger partial charge is 0.311 e. The summed E-state index contributed by atoms with van der Waals surface area (Å²) in [6.07, 6.45) is 4.91. The van der Waals surface area contributed by atoms with Crippen LogP contribution in [0.4, 0.5) is 0 Å². The highest BCUT2D eigenvalue weighted by Gasteiger charge is 2.44. The zero-order valence-electron chi connectivity index (χ0n) is 11.3. The topological polar surface area (TPSA) is 52.6 Å². The molecule has 0 spiro atoms. The molecule has 0 bridgehead atoms.